The smallest absolute Gasteiger partial charge is 0.0489 e. The zero-order chi connectivity index (χ0) is 7.68. The van der Waals surface area contributed by atoms with Gasteiger partial charge in [0.05, 0.1) is 0 Å². The Labute approximate surface area is 66.7 Å². The van der Waals surface area contributed by atoms with Gasteiger partial charge in [-0.05, 0) is 18.6 Å². The van der Waals surface area contributed by atoms with Crippen LogP contribution in [0.1, 0.15) is 17.2 Å². The molecule has 0 aromatic carbocycles. The highest BCUT2D eigenvalue weighted by Gasteiger charge is 2.20. The van der Waals surface area contributed by atoms with E-state index in [4.69, 9.17) is 0 Å². The van der Waals surface area contributed by atoms with Gasteiger partial charge in [0.1, 0.15) is 0 Å². The first kappa shape index (κ1) is 6.80. The molecule has 1 saturated heterocycles. The van der Waals surface area contributed by atoms with Crippen molar-refractivity contribution in [2.24, 2.45) is 0 Å². The van der Waals surface area contributed by atoms with E-state index in [0.717, 1.165) is 13.1 Å². The van der Waals surface area contributed by atoms with Crippen molar-refractivity contribution in [3.8, 4) is 0 Å². The van der Waals surface area contributed by atoms with Gasteiger partial charge in [0, 0.05) is 30.9 Å². The largest absolute Gasteiger partial charge is 0.315 e. The molecule has 0 amide bonds. The highest BCUT2D eigenvalue weighted by atomic mass is 15.0. The van der Waals surface area contributed by atoms with Crippen molar-refractivity contribution >= 4 is 0 Å². The van der Waals surface area contributed by atoms with Gasteiger partial charge in [0.15, 0.2) is 0 Å². The molecule has 0 atom stereocenters. The number of aromatic nitrogens is 1. The summed E-state index contributed by atoms with van der Waals surface area (Å²) in [4.78, 5) is 4.36. The van der Waals surface area contributed by atoms with E-state index in [-0.39, 0.29) is 0 Å². The van der Waals surface area contributed by atoms with Crippen molar-refractivity contribution in [1.29, 1.82) is 0 Å². The van der Waals surface area contributed by atoms with Crippen LogP contribution in [0.3, 0.4) is 0 Å². The van der Waals surface area contributed by atoms with Gasteiger partial charge >= 0.3 is 0 Å². The molecule has 1 aliphatic heterocycles. The van der Waals surface area contributed by atoms with Crippen LogP contribution in [0.5, 0.6) is 0 Å². The van der Waals surface area contributed by atoms with Crippen molar-refractivity contribution < 1.29 is 0 Å². The summed E-state index contributed by atoms with van der Waals surface area (Å²) < 4.78 is 0. The summed E-state index contributed by atoms with van der Waals surface area (Å²) in [5.41, 5.74) is 2.59. The van der Waals surface area contributed by atoms with Crippen LogP contribution in [0, 0.1) is 6.92 Å². The Balaban J connectivity index is 2.28. The first-order chi connectivity index (χ1) is 5.38. The summed E-state index contributed by atoms with van der Waals surface area (Å²) in [6.45, 7) is 4.32. The van der Waals surface area contributed by atoms with Gasteiger partial charge in [-0.2, -0.15) is 0 Å². The number of hydrogen-bond acceptors (Lipinski definition) is 2. The van der Waals surface area contributed by atoms with Gasteiger partial charge in [-0.15, -0.1) is 0 Å². The van der Waals surface area contributed by atoms with Gasteiger partial charge in [0.25, 0.3) is 0 Å². The molecule has 0 aliphatic carbocycles. The van der Waals surface area contributed by atoms with Crippen LogP contribution in [0.25, 0.3) is 0 Å². The number of nitrogens with zero attached hydrogens (tertiary/aromatic N) is 1. The maximum atomic E-state index is 4.36. The Morgan fingerprint density at radius 3 is 2.91 bits per heavy atom. The van der Waals surface area contributed by atoms with Crippen molar-refractivity contribution in [2.45, 2.75) is 12.8 Å². The Morgan fingerprint density at radius 2 is 2.36 bits per heavy atom. The molecule has 1 aliphatic rings. The minimum absolute atomic E-state index is 0.663. The van der Waals surface area contributed by atoms with Crippen LogP contribution in [-0.4, -0.2) is 18.1 Å². The van der Waals surface area contributed by atoms with E-state index in [1.807, 2.05) is 12.3 Å². The van der Waals surface area contributed by atoms with E-state index in [0.29, 0.717) is 5.92 Å². The molecule has 0 bridgehead atoms. The molecule has 2 heterocycles. The molecule has 1 aromatic heterocycles. The molecular formula is C9H12N2. The Hall–Kier alpha value is -0.890. The number of rotatable bonds is 1. The normalized spacial score (nSPS) is 17.9. The Kier molecular flexibility index (Phi) is 1.62. The molecule has 2 nitrogen and oxygen atoms in total. The Bertz CT molecular complexity index is 253. The van der Waals surface area contributed by atoms with E-state index >= 15 is 0 Å². The average molecular weight is 148 g/mol. The first-order valence-electron chi connectivity index (χ1n) is 4.00. The lowest BCUT2D eigenvalue weighted by Gasteiger charge is -2.27. The van der Waals surface area contributed by atoms with Gasteiger partial charge in [0.2, 0.25) is 0 Å². The maximum absolute atomic E-state index is 4.36. The summed E-state index contributed by atoms with van der Waals surface area (Å²) in [7, 11) is 0. The summed E-state index contributed by atoms with van der Waals surface area (Å²) in [6.07, 6.45) is 1.88. The Morgan fingerprint density at radius 1 is 1.55 bits per heavy atom. The lowest BCUT2D eigenvalue weighted by Crippen LogP contribution is -2.40. The molecule has 0 spiro atoms. The van der Waals surface area contributed by atoms with Gasteiger partial charge in [-0.3, -0.25) is 4.98 Å². The van der Waals surface area contributed by atoms with Crippen LogP contribution in [0.15, 0.2) is 18.3 Å². The molecule has 1 fully saturated rings. The van der Waals surface area contributed by atoms with Crippen molar-refractivity contribution in [1.82, 2.24) is 10.3 Å². The van der Waals surface area contributed by atoms with E-state index in [9.17, 15) is 0 Å². The fourth-order valence-corrected chi connectivity index (χ4v) is 1.41. The highest BCUT2D eigenvalue weighted by Crippen LogP contribution is 2.19. The van der Waals surface area contributed by atoms with Gasteiger partial charge < -0.3 is 5.32 Å². The lowest BCUT2D eigenvalue weighted by atomic mass is 9.95. The van der Waals surface area contributed by atoms with E-state index < -0.39 is 0 Å². The fraction of sp³-hybridized carbons (Fsp3) is 0.444. The number of aryl methyl sites for hydroxylation is 1. The van der Waals surface area contributed by atoms with Crippen molar-refractivity contribution in [2.75, 3.05) is 13.1 Å². The predicted molar refractivity (Wildman–Crippen MR) is 44.6 cm³/mol. The number of hydrogen-bond donors (Lipinski definition) is 1. The molecular weight excluding hydrogens is 136 g/mol. The third kappa shape index (κ3) is 1.14. The van der Waals surface area contributed by atoms with Gasteiger partial charge in [-0.25, -0.2) is 0 Å². The summed E-state index contributed by atoms with van der Waals surface area (Å²) in [6, 6.07) is 4.12. The average Bonchev–Trinajstić information content (AvgIpc) is 1.90. The number of pyridine rings is 1. The summed E-state index contributed by atoms with van der Waals surface area (Å²) >= 11 is 0. The van der Waals surface area contributed by atoms with Crippen LogP contribution >= 0.6 is 0 Å². The zero-order valence-corrected chi connectivity index (χ0v) is 6.67. The fourth-order valence-electron chi connectivity index (χ4n) is 1.41. The van der Waals surface area contributed by atoms with E-state index in [1.165, 1.54) is 11.3 Å². The molecule has 2 rings (SSSR count). The van der Waals surface area contributed by atoms with Crippen LogP contribution in [0.2, 0.25) is 0 Å². The second-order valence-corrected chi connectivity index (χ2v) is 3.06. The third-order valence-electron chi connectivity index (χ3n) is 2.22. The molecule has 0 unspecified atom stereocenters. The molecule has 1 aromatic rings. The maximum Gasteiger partial charge on any atom is 0.0489 e. The summed E-state index contributed by atoms with van der Waals surface area (Å²) in [5, 5.41) is 3.25. The molecule has 2 heteroatoms. The topological polar surface area (TPSA) is 24.9 Å². The summed E-state index contributed by atoms with van der Waals surface area (Å²) in [5.74, 6) is 0.663. The zero-order valence-electron chi connectivity index (χ0n) is 6.67. The van der Waals surface area contributed by atoms with Crippen molar-refractivity contribution in [3.63, 3.8) is 0 Å². The number of nitrogens with one attached hydrogen (secondary N) is 1. The van der Waals surface area contributed by atoms with E-state index in [1.54, 1.807) is 0 Å². The highest BCUT2D eigenvalue weighted by molar-refractivity contribution is 5.23. The van der Waals surface area contributed by atoms with Crippen LogP contribution in [0.4, 0.5) is 0 Å². The predicted octanol–water partition coefficient (Wildman–Crippen LogP) is 1.08. The van der Waals surface area contributed by atoms with Gasteiger partial charge in [-0.1, -0.05) is 6.07 Å². The SMILES string of the molecule is Cc1cccnc1C1CNC1. The second kappa shape index (κ2) is 2.62. The molecule has 0 radical (unpaired) electrons. The third-order valence-corrected chi connectivity index (χ3v) is 2.22. The molecule has 0 saturated carbocycles. The van der Waals surface area contributed by atoms with E-state index in [2.05, 4.69) is 23.3 Å². The second-order valence-electron chi connectivity index (χ2n) is 3.06. The first-order valence-corrected chi connectivity index (χ1v) is 4.00. The monoisotopic (exact) mass is 148 g/mol. The van der Waals surface area contributed by atoms with Crippen molar-refractivity contribution in [3.05, 3.63) is 29.6 Å². The quantitative estimate of drug-likeness (QED) is 0.644. The molecule has 58 valence electrons. The minimum Gasteiger partial charge on any atom is -0.315 e. The van der Waals surface area contributed by atoms with Crippen LogP contribution in [-0.2, 0) is 0 Å². The molecule has 1 N–H and O–H groups in total. The standard InChI is InChI=1S/C9H12N2/c1-7-3-2-4-11-9(7)8-5-10-6-8/h2-4,8,10H,5-6H2,1H3. The minimum atomic E-state index is 0.663. The lowest BCUT2D eigenvalue weighted by molar-refractivity contribution is 0.438. The van der Waals surface area contributed by atoms with Crippen LogP contribution < -0.4 is 5.32 Å². The molecule has 11 heavy (non-hydrogen) atoms.